The molecule has 0 saturated carbocycles. The highest BCUT2D eigenvalue weighted by atomic mass is 16.3. The van der Waals surface area contributed by atoms with Crippen LogP contribution in [0.5, 0.6) is 0 Å². The predicted octanol–water partition coefficient (Wildman–Crippen LogP) is 3.72. The lowest BCUT2D eigenvalue weighted by molar-refractivity contribution is 0.101. The van der Waals surface area contributed by atoms with Gasteiger partial charge in [0.05, 0.1) is 0 Å². The summed E-state index contributed by atoms with van der Waals surface area (Å²) in [6, 6.07) is 15.8. The molecule has 0 aromatic heterocycles. The molecule has 1 unspecified atom stereocenters. The topological polar surface area (TPSA) is 55.2 Å². The Morgan fingerprint density at radius 2 is 1.50 bits per heavy atom. The van der Waals surface area contributed by atoms with Crippen molar-refractivity contribution in [2.75, 3.05) is 0 Å². The summed E-state index contributed by atoms with van der Waals surface area (Å²) in [5.41, 5.74) is 3.33. The molecule has 96 valence electrons. The SMILES string of the molecule is Cc1cccc(C(C)(O)c2ccccc2)c1C.N. The van der Waals surface area contributed by atoms with Gasteiger partial charge in [-0.05, 0) is 43.0 Å². The zero-order valence-corrected chi connectivity index (χ0v) is 11.3. The van der Waals surface area contributed by atoms with E-state index in [9.17, 15) is 5.11 Å². The minimum absolute atomic E-state index is 0. The number of aryl methyl sites for hydroxylation is 1. The van der Waals surface area contributed by atoms with E-state index >= 15 is 0 Å². The summed E-state index contributed by atoms with van der Waals surface area (Å²) in [6.07, 6.45) is 0. The van der Waals surface area contributed by atoms with Crippen molar-refractivity contribution in [1.29, 1.82) is 0 Å². The van der Waals surface area contributed by atoms with Gasteiger partial charge < -0.3 is 11.3 Å². The van der Waals surface area contributed by atoms with E-state index in [0.29, 0.717) is 0 Å². The van der Waals surface area contributed by atoms with Gasteiger partial charge in [0.2, 0.25) is 0 Å². The Bertz CT molecular complexity index is 518. The van der Waals surface area contributed by atoms with Crippen molar-refractivity contribution in [2.24, 2.45) is 0 Å². The molecule has 0 aliphatic carbocycles. The summed E-state index contributed by atoms with van der Waals surface area (Å²) in [7, 11) is 0. The van der Waals surface area contributed by atoms with E-state index < -0.39 is 5.60 Å². The van der Waals surface area contributed by atoms with Crippen molar-refractivity contribution < 1.29 is 5.11 Å². The summed E-state index contributed by atoms with van der Waals surface area (Å²) in [4.78, 5) is 0. The van der Waals surface area contributed by atoms with Crippen LogP contribution >= 0.6 is 0 Å². The Labute approximate surface area is 109 Å². The van der Waals surface area contributed by atoms with Crippen LogP contribution in [-0.2, 0) is 5.60 Å². The van der Waals surface area contributed by atoms with Crippen molar-refractivity contribution in [3.63, 3.8) is 0 Å². The predicted molar refractivity (Wildman–Crippen MR) is 76.1 cm³/mol. The maximum absolute atomic E-state index is 10.8. The molecule has 2 heteroatoms. The quantitative estimate of drug-likeness (QED) is 0.844. The molecule has 0 heterocycles. The third kappa shape index (κ3) is 2.45. The second-order valence-electron chi connectivity index (χ2n) is 4.69. The number of aliphatic hydroxyl groups is 1. The lowest BCUT2D eigenvalue weighted by Gasteiger charge is -2.27. The molecule has 2 rings (SSSR count). The van der Waals surface area contributed by atoms with Crippen molar-refractivity contribution in [3.05, 3.63) is 70.8 Å². The van der Waals surface area contributed by atoms with E-state index in [4.69, 9.17) is 0 Å². The van der Waals surface area contributed by atoms with Crippen LogP contribution in [0.25, 0.3) is 0 Å². The third-order valence-electron chi connectivity index (χ3n) is 3.46. The Morgan fingerprint density at radius 1 is 0.889 bits per heavy atom. The van der Waals surface area contributed by atoms with Crippen LogP contribution in [0.2, 0.25) is 0 Å². The second kappa shape index (κ2) is 5.34. The molecule has 18 heavy (non-hydrogen) atoms. The second-order valence-corrected chi connectivity index (χ2v) is 4.69. The fraction of sp³-hybridized carbons (Fsp3) is 0.250. The van der Waals surface area contributed by atoms with E-state index in [1.165, 1.54) is 5.56 Å². The smallest absolute Gasteiger partial charge is 0.112 e. The zero-order valence-electron chi connectivity index (χ0n) is 11.3. The summed E-state index contributed by atoms with van der Waals surface area (Å²) in [6.45, 7) is 5.98. The molecule has 0 amide bonds. The van der Waals surface area contributed by atoms with Crippen LogP contribution in [0.4, 0.5) is 0 Å². The summed E-state index contributed by atoms with van der Waals surface area (Å²) < 4.78 is 0. The number of benzene rings is 2. The van der Waals surface area contributed by atoms with Crippen molar-refractivity contribution in [3.8, 4) is 0 Å². The van der Waals surface area contributed by atoms with Gasteiger partial charge in [-0.2, -0.15) is 0 Å². The monoisotopic (exact) mass is 243 g/mol. The fourth-order valence-corrected chi connectivity index (χ4v) is 2.20. The fourth-order valence-electron chi connectivity index (χ4n) is 2.20. The summed E-state index contributed by atoms with van der Waals surface area (Å²) in [5.74, 6) is 0. The van der Waals surface area contributed by atoms with Crippen molar-refractivity contribution >= 4 is 0 Å². The summed E-state index contributed by atoms with van der Waals surface area (Å²) >= 11 is 0. The Morgan fingerprint density at radius 3 is 2.11 bits per heavy atom. The molecule has 2 aromatic rings. The van der Waals surface area contributed by atoms with Gasteiger partial charge in [0.15, 0.2) is 0 Å². The standard InChI is InChI=1S/C16H18O.H3N/c1-12-8-7-11-15(13(12)2)16(3,17)14-9-5-4-6-10-14;/h4-11,17H,1-3H3;1H3. The maximum Gasteiger partial charge on any atom is 0.112 e. The summed E-state index contributed by atoms with van der Waals surface area (Å²) in [5, 5.41) is 10.8. The largest absolute Gasteiger partial charge is 0.381 e. The molecule has 4 N–H and O–H groups in total. The van der Waals surface area contributed by atoms with E-state index in [-0.39, 0.29) is 6.15 Å². The van der Waals surface area contributed by atoms with Gasteiger partial charge in [-0.15, -0.1) is 0 Å². The highest BCUT2D eigenvalue weighted by molar-refractivity contribution is 5.42. The van der Waals surface area contributed by atoms with Crippen LogP contribution in [0.1, 0.15) is 29.2 Å². The number of hydrogen-bond acceptors (Lipinski definition) is 2. The van der Waals surface area contributed by atoms with Gasteiger partial charge in [-0.1, -0.05) is 48.5 Å². The average molecular weight is 243 g/mol. The number of rotatable bonds is 2. The molecular weight excluding hydrogens is 222 g/mol. The first-order chi connectivity index (χ1) is 8.03. The molecule has 2 nitrogen and oxygen atoms in total. The lowest BCUT2D eigenvalue weighted by Crippen LogP contribution is -2.24. The van der Waals surface area contributed by atoms with Gasteiger partial charge in [0.1, 0.15) is 5.60 Å². The third-order valence-corrected chi connectivity index (χ3v) is 3.46. The Kier molecular flexibility index (Phi) is 4.28. The Hall–Kier alpha value is -1.64. The van der Waals surface area contributed by atoms with Gasteiger partial charge in [0, 0.05) is 0 Å². The molecule has 0 aliphatic rings. The van der Waals surface area contributed by atoms with Crippen LogP contribution in [-0.4, -0.2) is 5.11 Å². The van der Waals surface area contributed by atoms with E-state index in [1.54, 1.807) is 0 Å². The van der Waals surface area contributed by atoms with E-state index in [2.05, 4.69) is 19.9 Å². The molecule has 0 bridgehead atoms. The first-order valence-corrected chi connectivity index (χ1v) is 5.88. The van der Waals surface area contributed by atoms with Gasteiger partial charge >= 0.3 is 0 Å². The molecular formula is C16H21NO. The number of hydrogen-bond donors (Lipinski definition) is 2. The average Bonchev–Trinajstić information content (AvgIpc) is 2.33. The van der Waals surface area contributed by atoms with Crippen LogP contribution in [0, 0.1) is 13.8 Å². The van der Waals surface area contributed by atoms with Gasteiger partial charge in [-0.3, -0.25) is 0 Å². The molecule has 0 radical (unpaired) electrons. The van der Waals surface area contributed by atoms with Crippen molar-refractivity contribution in [2.45, 2.75) is 26.4 Å². The van der Waals surface area contributed by atoms with Crippen LogP contribution in [0.3, 0.4) is 0 Å². The minimum Gasteiger partial charge on any atom is -0.381 e. The Balaban J connectivity index is 0.00000162. The zero-order chi connectivity index (χ0) is 12.5. The van der Waals surface area contributed by atoms with Crippen molar-refractivity contribution in [1.82, 2.24) is 6.15 Å². The molecule has 2 aromatic carbocycles. The van der Waals surface area contributed by atoms with E-state index in [1.807, 2.05) is 49.4 Å². The molecule has 0 aliphatic heterocycles. The highest BCUT2D eigenvalue weighted by Crippen LogP contribution is 2.32. The first-order valence-electron chi connectivity index (χ1n) is 5.88. The maximum atomic E-state index is 10.8. The van der Waals surface area contributed by atoms with Crippen LogP contribution < -0.4 is 6.15 Å². The lowest BCUT2D eigenvalue weighted by atomic mass is 9.84. The molecule has 0 saturated heterocycles. The first kappa shape index (κ1) is 14.4. The normalized spacial score (nSPS) is 13.6. The minimum atomic E-state index is -0.933. The van der Waals surface area contributed by atoms with E-state index in [0.717, 1.165) is 16.7 Å². The van der Waals surface area contributed by atoms with Gasteiger partial charge in [-0.25, -0.2) is 0 Å². The molecule has 0 spiro atoms. The highest BCUT2D eigenvalue weighted by Gasteiger charge is 2.27. The van der Waals surface area contributed by atoms with Gasteiger partial charge in [0.25, 0.3) is 0 Å². The van der Waals surface area contributed by atoms with Crippen LogP contribution in [0.15, 0.2) is 48.5 Å². The molecule has 0 fully saturated rings. The molecule has 1 atom stereocenters.